The summed E-state index contributed by atoms with van der Waals surface area (Å²) in [7, 11) is 4.71. The number of nitrogens with zero attached hydrogens (tertiary/aromatic N) is 1. The molecule has 2 aromatic heterocycles. The van der Waals surface area contributed by atoms with Crippen LogP contribution in [0, 0.1) is 0 Å². The first-order valence-corrected chi connectivity index (χ1v) is 10.9. The molecule has 1 atom stereocenters. The third kappa shape index (κ3) is 4.77. The second kappa shape index (κ2) is 10.5. The average Bonchev–Trinajstić information content (AvgIpc) is 3.35. The number of amides is 1. The molecule has 1 amide bonds. The Labute approximate surface area is 201 Å². The van der Waals surface area contributed by atoms with E-state index in [2.05, 4.69) is 10.3 Å². The molecular formula is C26H26N2O7. The fraction of sp³-hybridized carbons (Fsp3) is 0.231. The molecule has 0 saturated heterocycles. The second-order valence-electron chi connectivity index (χ2n) is 7.68. The molecule has 0 radical (unpaired) electrons. The van der Waals surface area contributed by atoms with Crippen molar-refractivity contribution in [1.82, 2.24) is 10.3 Å². The molecule has 182 valence electrons. The number of hydrogen-bond acceptors (Lipinski definition) is 8. The van der Waals surface area contributed by atoms with Crippen LogP contribution in [0.25, 0.3) is 33.6 Å². The number of benzene rings is 2. The van der Waals surface area contributed by atoms with Crippen LogP contribution < -0.4 is 19.5 Å². The summed E-state index contributed by atoms with van der Waals surface area (Å²) in [6, 6.07) is 14.0. The number of furan rings is 1. The number of pyridine rings is 1. The van der Waals surface area contributed by atoms with Gasteiger partial charge in [0.15, 0.2) is 5.58 Å². The lowest BCUT2D eigenvalue weighted by molar-refractivity contribution is 0.0802. The van der Waals surface area contributed by atoms with Gasteiger partial charge in [-0.05, 0) is 36.4 Å². The molecule has 4 aromatic rings. The fourth-order valence-electron chi connectivity index (χ4n) is 3.80. The van der Waals surface area contributed by atoms with Crippen LogP contribution in [0.2, 0.25) is 0 Å². The van der Waals surface area contributed by atoms with Crippen molar-refractivity contribution < 1.29 is 33.6 Å². The Morgan fingerprint density at radius 3 is 2.37 bits per heavy atom. The summed E-state index contributed by atoms with van der Waals surface area (Å²) in [6.07, 6.45) is 0.639. The summed E-state index contributed by atoms with van der Waals surface area (Å²) in [4.78, 5) is 17.0. The molecule has 0 fully saturated rings. The molecule has 0 saturated carbocycles. The highest BCUT2D eigenvalue weighted by atomic mass is 16.5. The molecule has 2 heterocycles. The van der Waals surface area contributed by atoms with E-state index < -0.39 is 18.6 Å². The highest BCUT2D eigenvalue weighted by Gasteiger charge is 2.21. The standard InChI is InChI=1S/C26H26N2O7/c1-32-20-8-7-15(26(31)28-13-16(30)14-29)11-18(20)23-12-19-25(35-23)17(9-10-27-19)24-21(33-2)5-4-6-22(24)34-3/h4-12,16,29-30H,13-14H2,1-3H3,(H,28,31). The predicted molar refractivity (Wildman–Crippen MR) is 130 cm³/mol. The van der Waals surface area contributed by atoms with Crippen LogP contribution >= 0.6 is 0 Å². The summed E-state index contributed by atoms with van der Waals surface area (Å²) < 4.78 is 22.9. The third-order valence-corrected chi connectivity index (χ3v) is 5.55. The van der Waals surface area contributed by atoms with Gasteiger partial charge in [-0.15, -0.1) is 0 Å². The van der Waals surface area contributed by atoms with Gasteiger partial charge in [0, 0.05) is 29.9 Å². The number of carbonyl (C=O) groups excluding carboxylic acids is 1. The largest absolute Gasteiger partial charge is 0.496 e. The highest BCUT2D eigenvalue weighted by molar-refractivity contribution is 5.98. The Balaban J connectivity index is 1.81. The fourth-order valence-corrected chi connectivity index (χ4v) is 3.80. The summed E-state index contributed by atoms with van der Waals surface area (Å²) >= 11 is 0. The van der Waals surface area contributed by atoms with E-state index in [1.807, 2.05) is 24.3 Å². The average molecular weight is 479 g/mol. The Bertz CT molecular complexity index is 1330. The molecule has 0 aliphatic heterocycles. The van der Waals surface area contributed by atoms with Gasteiger partial charge in [0.25, 0.3) is 5.91 Å². The van der Waals surface area contributed by atoms with E-state index in [-0.39, 0.29) is 6.54 Å². The minimum Gasteiger partial charge on any atom is -0.496 e. The highest BCUT2D eigenvalue weighted by Crippen LogP contribution is 2.43. The lowest BCUT2D eigenvalue weighted by Crippen LogP contribution is -2.33. The van der Waals surface area contributed by atoms with Crippen molar-refractivity contribution in [3.63, 3.8) is 0 Å². The Morgan fingerprint density at radius 2 is 1.71 bits per heavy atom. The lowest BCUT2D eigenvalue weighted by atomic mass is 10.0. The quantitative estimate of drug-likeness (QED) is 0.335. The molecule has 9 nitrogen and oxygen atoms in total. The maximum Gasteiger partial charge on any atom is 0.251 e. The molecule has 1 unspecified atom stereocenters. The van der Waals surface area contributed by atoms with Crippen molar-refractivity contribution in [3.8, 4) is 39.7 Å². The molecule has 0 aliphatic rings. The van der Waals surface area contributed by atoms with Gasteiger partial charge in [-0.2, -0.15) is 0 Å². The van der Waals surface area contributed by atoms with Crippen molar-refractivity contribution in [1.29, 1.82) is 0 Å². The van der Waals surface area contributed by atoms with Crippen LogP contribution in [-0.2, 0) is 0 Å². The number of nitrogens with one attached hydrogen (secondary N) is 1. The van der Waals surface area contributed by atoms with E-state index in [0.717, 1.165) is 11.1 Å². The molecule has 2 aromatic carbocycles. The second-order valence-corrected chi connectivity index (χ2v) is 7.68. The number of aromatic nitrogens is 1. The zero-order valence-electron chi connectivity index (χ0n) is 19.6. The smallest absolute Gasteiger partial charge is 0.251 e. The number of aliphatic hydroxyl groups excluding tert-OH is 2. The van der Waals surface area contributed by atoms with Crippen LogP contribution in [0.1, 0.15) is 10.4 Å². The van der Waals surface area contributed by atoms with Gasteiger partial charge in [0.2, 0.25) is 0 Å². The molecule has 0 bridgehead atoms. The maximum absolute atomic E-state index is 12.6. The minimum atomic E-state index is -1.04. The summed E-state index contributed by atoms with van der Waals surface area (Å²) in [6.45, 7) is -0.519. The maximum atomic E-state index is 12.6. The van der Waals surface area contributed by atoms with Gasteiger partial charge in [-0.1, -0.05) is 6.07 Å². The normalized spacial score (nSPS) is 11.8. The number of rotatable bonds is 9. The van der Waals surface area contributed by atoms with Crippen LogP contribution in [0.4, 0.5) is 0 Å². The summed E-state index contributed by atoms with van der Waals surface area (Å²) in [5.74, 6) is 1.80. The van der Waals surface area contributed by atoms with Crippen LogP contribution in [0.5, 0.6) is 17.2 Å². The van der Waals surface area contributed by atoms with Crippen molar-refractivity contribution >= 4 is 17.0 Å². The molecule has 35 heavy (non-hydrogen) atoms. The predicted octanol–water partition coefficient (Wildman–Crippen LogP) is 3.27. The monoisotopic (exact) mass is 478 g/mol. The van der Waals surface area contributed by atoms with Crippen molar-refractivity contribution in [2.24, 2.45) is 0 Å². The van der Waals surface area contributed by atoms with E-state index in [9.17, 15) is 9.90 Å². The van der Waals surface area contributed by atoms with Gasteiger partial charge in [-0.3, -0.25) is 9.78 Å². The SMILES string of the molecule is COc1ccc(C(=O)NCC(O)CO)cc1-c1cc2nccc(-c3c(OC)cccc3OC)c2o1. The topological polar surface area (TPSA) is 123 Å². The van der Waals surface area contributed by atoms with Gasteiger partial charge >= 0.3 is 0 Å². The number of ether oxygens (including phenoxy) is 3. The molecule has 3 N–H and O–H groups in total. The zero-order valence-corrected chi connectivity index (χ0v) is 19.6. The number of fused-ring (bicyclic) bond motifs is 1. The number of hydrogen-bond donors (Lipinski definition) is 3. The summed E-state index contributed by atoms with van der Waals surface area (Å²) in [5, 5.41) is 21.1. The van der Waals surface area contributed by atoms with Crippen LogP contribution in [-0.4, -0.2) is 61.7 Å². The van der Waals surface area contributed by atoms with E-state index in [1.54, 1.807) is 44.7 Å². The van der Waals surface area contributed by atoms with Crippen molar-refractivity contribution in [2.45, 2.75) is 6.10 Å². The van der Waals surface area contributed by atoms with Gasteiger partial charge in [0.1, 0.15) is 28.5 Å². The first-order chi connectivity index (χ1) is 17.0. The number of methoxy groups -OCH3 is 3. The van der Waals surface area contributed by atoms with Gasteiger partial charge in [-0.25, -0.2) is 0 Å². The van der Waals surface area contributed by atoms with E-state index in [1.165, 1.54) is 7.11 Å². The lowest BCUT2D eigenvalue weighted by Gasteiger charge is -2.13. The molecule has 4 rings (SSSR count). The molecule has 9 heteroatoms. The Kier molecular flexibility index (Phi) is 7.19. The zero-order chi connectivity index (χ0) is 24.9. The summed E-state index contributed by atoms with van der Waals surface area (Å²) in [5.41, 5.74) is 3.49. The van der Waals surface area contributed by atoms with Crippen molar-refractivity contribution in [2.75, 3.05) is 34.5 Å². The van der Waals surface area contributed by atoms with Crippen molar-refractivity contribution in [3.05, 3.63) is 60.3 Å². The van der Waals surface area contributed by atoms with Gasteiger partial charge in [0.05, 0.1) is 45.2 Å². The molecule has 0 aliphatic carbocycles. The number of aliphatic hydroxyl groups is 2. The number of carbonyl (C=O) groups is 1. The molecular weight excluding hydrogens is 452 g/mol. The van der Waals surface area contributed by atoms with E-state index in [0.29, 0.717) is 45.2 Å². The van der Waals surface area contributed by atoms with Gasteiger partial charge < -0.3 is 34.2 Å². The Hall–Kier alpha value is -4.08. The minimum absolute atomic E-state index is 0.0741. The van der Waals surface area contributed by atoms with Crippen LogP contribution in [0.3, 0.4) is 0 Å². The van der Waals surface area contributed by atoms with Crippen LogP contribution in [0.15, 0.2) is 59.1 Å². The van der Waals surface area contributed by atoms with E-state index >= 15 is 0 Å². The third-order valence-electron chi connectivity index (χ3n) is 5.55. The van der Waals surface area contributed by atoms with E-state index in [4.69, 9.17) is 23.7 Å². The first kappa shape index (κ1) is 24.1. The Morgan fingerprint density at radius 1 is 1.00 bits per heavy atom. The first-order valence-electron chi connectivity index (χ1n) is 10.9. The molecule has 0 spiro atoms.